The Morgan fingerprint density at radius 1 is 0.892 bits per heavy atom. The van der Waals surface area contributed by atoms with Gasteiger partial charge in [0.15, 0.2) is 5.82 Å². The Labute approximate surface area is 222 Å². The zero-order valence-electron chi connectivity index (χ0n) is 18.5. The number of aryl methyl sites for hydroxylation is 1. The van der Waals surface area contributed by atoms with E-state index < -0.39 is 28.7 Å². The third-order valence-electron chi connectivity index (χ3n) is 4.59. The lowest BCUT2D eigenvalue weighted by molar-refractivity contribution is 0.0692. The number of carbonyl (C=O) groups is 1. The van der Waals surface area contributed by atoms with Gasteiger partial charge in [-0.25, -0.2) is 13.6 Å². The number of nitrogens with zero attached hydrogens (tertiary/aromatic N) is 4. The van der Waals surface area contributed by atoms with Crippen LogP contribution in [0.2, 0.25) is 15.1 Å². The second-order valence-corrected chi connectivity index (χ2v) is 8.06. The number of fused-ring (bicyclic) bond motifs is 1. The largest absolute Gasteiger partial charge is 0.478 e. The number of nitriles is 3. The molecular formula is C24H12Cl3F2N5O3. The summed E-state index contributed by atoms with van der Waals surface area (Å²) in [6.45, 7) is 0. The van der Waals surface area contributed by atoms with Gasteiger partial charge in [-0.05, 0) is 36.4 Å². The molecule has 0 aliphatic heterocycles. The highest BCUT2D eigenvalue weighted by Gasteiger charge is 2.16. The van der Waals surface area contributed by atoms with E-state index in [1.54, 1.807) is 25.2 Å². The Bertz CT molecular complexity index is 1680. The number of carboxylic acid groups (broad SMARTS) is 1. The van der Waals surface area contributed by atoms with Gasteiger partial charge < -0.3 is 5.11 Å². The third-order valence-corrected chi connectivity index (χ3v) is 5.53. The van der Waals surface area contributed by atoms with Crippen LogP contribution in [0.5, 0.6) is 0 Å². The first-order valence-corrected chi connectivity index (χ1v) is 10.8. The summed E-state index contributed by atoms with van der Waals surface area (Å²) in [7, 11) is 1.59. The summed E-state index contributed by atoms with van der Waals surface area (Å²) in [5.41, 5.74) is -0.450. The Balaban J connectivity index is 0.000000198. The number of halogens is 5. The van der Waals surface area contributed by atoms with Crippen molar-refractivity contribution in [3.05, 3.63) is 102 Å². The molecule has 0 amide bonds. The van der Waals surface area contributed by atoms with Crippen molar-refractivity contribution in [3.63, 3.8) is 0 Å². The fourth-order valence-corrected chi connectivity index (χ4v) is 3.40. The zero-order valence-corrected chi connectivity index (χ0v) is 20.8. The lowest BCUT2D eigenvalue weighted by Gasteiger charge is -2.00. The van der Waals surface area contributed by atoms with E-state index in [2.05, 4.69) is 5.10 Å². The Hall–Kier alpha value is -4.40. The van der Waals surface area contributed by atoms with Crippen molar-refractivity contribution in [1.29, 1.82) is 15.8 Å². The van der Waals surface area contributed by atoms with Crippen molar-refractivity contribution in [2.24, 2.45) is 7.05 Å². The molecule has 0 atom stereocenters. The molecule has 2 N–H and O–H groups in total. The van der Waals surface area contributed by atoms with Gasteiger partial charge >= 0.3 is 5.97 Å². The zero-order chi connectivity index (χ0) is 27.9. The van der Waals surface area contributed by atoms with Crippen LogP contribution in [0.3, 0.4) is 0 Å². The molecular weight excluding hydrogens is 551 g/mol. The van der Waals surface area contributed by atoms with Crippen LogP contribution in [-0.2, 0) is 7.05 Å². The molecule has 3 aromatic carbocycles. The van der Waals surface area contributed by atoms with Crippen molar-refractivity contribution in [2.45, 2.75) is 0 Å². The fourth-order valence-electron chi connectivity index (χ4n) is 2.80. The van der Waals surface area contributed by atoms with Crippen LogP contribution in [0.25, 0.3) is 10.9 Å². The lowest BCUT2D eigenvalue weighted by Crippen LogP contribution is -2.10. The molecule has 0 aliphatic carbocycles. The lowest BCUT2D eigenvalue weighted by atomic mass is 10.1. The number of rotatable bonds is 1. The Morgan fingerprint density at radius 3 is 1.95 bits per heavy atom. The van der Waals surface area contributed by atoms with E-state index in [4.69, 9.17) is 55.7 Å². The molecule has 0 aliphatic rings. The monoisotopic (exact) mass is 561 g/mol. The van der Waals surface area contributed by atoms with E-state index in [1.807, 2.05) is 6.07 Å². The number of carboxylic acids is 1. The van der Waals surface area contributed by atoms with E-state index >= 15 is 0 Å². The van der Waals surface area contributed by atoms with Gasteiger partial charge in [-0.2, -0.15) is 15.8 Å². The molecule has 0 bridgehead atoms. The first-order valence-electron chi connectivity index (χ1n) is 9.71. The van der Waals surface area contributed by atoms with Gasteiger partial charge in [-0.15, -0.1) is 0 Å². The van der Waals surface area contributed by atoms with E-state index in [1.165, 1.54) is 35.0 Å². The van der Waals surface area contributed by atoms with Crippen LogP contribution in [0.4, 0.5) is 8.78 Å². The summed E-state index contributed by atoms with van der Waals surface area (Å²) < 4.78 is 27.0. The SMILES string of the molecule is Cn1[nH]c2c(C#N)c(Cl)ccc2c1=O.N#Cc1c(Cl)ccc(C(=O)O)c1F.N#Cc1c(F)cccc1Cl. The molecule has 1 heterocycles. The topological polar surface area (TPSA) is 146 Å². The molecule has 4 aromatic rings. The van der Waals surface area contributed by atoms with Crippen LogP contribution in [0.1, 0.15) is 27.0 Å². The van der Waals surface area contributed by atoms with Gasteiger partial charge in [0.05, 0.1) is 37.1 Å². The summed E-state index contributed by atoms with van der Waals surface area (Å²) in [4.78, 5) is 21.9. The molecule has 0 saturated carbocycles. The second-order valence-electron chi connectivity index (χ2n) is 6.84. The molecule has 0 spiro atoms. The first kappa shape index (κ1) is 28.8. The van der Waals surface area contributed by atoms with Crippen molar-refractivity contribution in [1.82, 2.24) is 9.78 Å². The van der Waals surface area contributed by atoms with E-state index in [9.17, 15) is 18.4 Å². The standard InChI is InChI=1S/C9H6ClN3O.C8H3ClFNO2.C7H3ClFN/c1-13-9(14)5-2-3-7(10)6(4-11)8(5)12-13;9-6-2-1-4(8(12)13)7(10)5(6)3-11;8-6-2-1-3-7(9)5(6)4-10/h2-3,12H,1H3;1-2H,(H,12,13);1-3H. The molecule has 0 saturated heterocycles. The minimum Gasteiger partial charge on any atom is -0.478 e. The highest BCUT2D eigenvalue weighted by atomic mass is 35.5. The van der Waals surface area contributed by atoms with Crippen molar-refractivity contribution in [2.75, 3.05) is 0 Å². The highest BCUT2D eigenvalue weighted by molar-refractivity contribution is 6.33. The summed E-state index contributed by atoms with van der Waals surface area (Å²) in [5.74, 6) is -3.09. The average molecular weight is 563 g/mol. The van der Waals surface area contributed by atoms with Crippen LogP contribution in [0, 0.1) is 45.6 Å². The van der Waals surface area contributed by atoms with Gasteiger partial charge in [0.25, 0.3) is 5.56 Å². The quantitative estimate of drug-likeness (QED) is 0.300. The van der Waals surface area contributed by atoms with Crippen LogP contribution in [0.15, 0.2) is 47.3 Å². The molecule has 1 aromatic heterocycles. The van der Waals surface area contributed by atoms with Gasteiger partial charge in [0.1, 0.15) is 35.2 Å². The molecule has 37 heavy (non-hydrogen) atoms. The molecule has 186 valence electrons. The van der Waals surface area contributed by atoms with E-state index in [-0.39, 0.29) is 21.2 Å². The van der Waals surface area contributed by atoms with Crippen molar-refractivity contribution in [3.8, 4) is 18.2 Å². The summed E-state index contributed by atoms with van der Waals surface area (Å²) >= 11 is 16.7. The molecule has 0 fully saturated rings. The second kappa shape index (κ2) is 12.5. The number of hydrogen-bond donors (Lipinski definition) is 2. The number of aromatic amines is 1. The summed E-state index contributed by atoms with van der Waals surface area (Å²) in [6.07, 6.45) is 0. The molecule has 0 radical (unpaired) electrons. The highest BCUT2D eigenvalue weighted by Crippen LogP contribution is 2.22. The van der Waals surface area contributed by atoms with Crippen molar-refractivity contribution >= 4 is 51.7 Å². The third kappa shape index (κ3) is 6.43. The van der Waals surface area contributed by atoms with Crippen LogP contribution in [-0.4, -0.2) is 20.9 Å². The maximum atomic E-state index is 13.1. The number of aromatic carboxylic acids is 1. The number of hydrogen-bond acceptors (Lipinski definition) is 5. The van der Waals surface area contributed by atoms with E-state index in [0.29, 0.717) is 21.5 Å². The Morgan fingerprint density at radius 2 is 1.43 bits per heavy atom. The maximum Gasteiger partial charge on any atom is 0.338 e. The Kier molecular flexibility index (Phi) is 9.76. The number of aromatic nitrogens is 2. The van der Waals surface area contributed by atoms with Gasteiger partial charge in [-0.3, -0.25) is 14.6 Å². The minimum atomic E-state index is -1.43. The summed E-state index contributed by atoms with van der Waals surface area (Å²) in [5, 5.41) is 37.8. The van der Waals surface area contributed by atoms with Crippen LogP contribution < -0.4 is 5.56 Å². The van der Waals surface area contributed by atoms with Crippen LogP contribution >= 0.6 is 34.8 Å². The average Bonchev–Trinajstić information content (AvgIpc) is 3.13. The maximum absolute atomic E-state index is 13.1. The smallest absolute Gasteiger partial charge is 0.338 e. The number of nitrogens with one attached hydrogen (secondary N) is 1. The fraction of sp³-hybridized carbons (Fsp3) is 0.0417. The predicted octanol–water partition coefficient (Wildman–Crippen LogP) is 5.79. The van der Waals surface area contributed by atoms with Gasteiger partial charge in [-0.1, -0.05) is 40.9 Å². The van der Waals surface area contributed by atoms with Gasteiger partial charge in [0, 0.05) is 7.05 Å². The minimum absolute atomic E-state index is 0.0926. The molecule has 4 rings (SSSR count). The van der Waals surface area contributed by atoms with Gasteiger partial charge in [0.2, 0.25) is 0 Å². The number of benzene rings is 3. The predicted molar refractivity (Wildman–Crippen MR) is 132 cm³/mol. The first-order chi connectivity index (χ1) is 17.5. The molecule has 13 heteroatoms. The summed E-state index contributed by atoms with van der Waals surface area (Å²) in [6, 6.07) is 14.6. The van der Waals surface area contributed by atoms with E-state index in [0.717, 1.165) is 6.07 Å². The number of H-pyrrole nitrogens is 1. The molecule has 0 unspecified atom stereocenters. The molecule has 8 nitrogen and oxygen atoms in total. The van der Waals surface area contributed by atoms with Crippen molar-refractivity contribution < 1.29 is 18.7 Å². The normalized spacial score (nSPS) is 9.59.